The van der Waals surface area contributed by atoms with Crippen molar-refractivity contribution in [2.24, 2.45) is 5.92 Å². The standard InChI is InChI=1S/C19H27N3O2/c1-16(23)22-13-9-17(10-14-22)5-2-3-12-21-19(24)8-7-18-6-4-11-20-15-18/h4,6-8,11,15,17H,2-3,5,9-10,12-14H2,1H3,(H,21,24)/b8-7+. The van der Waals surface area contributed by atoms with E-state index in [1.807, 2.05) is 17.0 Å². The van der Waals surface area contributed by atoms with Crippen molar-refractivity contribution in [3.63, 3.8) is 0 Å². The number of carbonyl (C=O) groups excluding carboxylic acids is 2. The van der Waals surface area contributed by atoms with Gasteiger partial charge in [-0.05, 0) is 42.9 Å². The zero-order valence-electron chi connectivity index (χ0n) is 14.4. The van der Waals surface area contributed by atoms with Crippen molar-refractivity contribution in [1.29, 1.82) is 0 Å². The van der Waals surface area contributed by atoms with Crippen LogP contribution in [0.1, 0.15) is 44.6 Å². The second-order valence-corrected chi connectivity index (χ2v) is 6.36. The molecule has 2 heterocycles. The number of hydrogen-bond acceptors (Lipinski definition) is 3. The summed E-state index contributed by atoms with van der Waals surface area (Å²) in [5, 5.41) is 2.91. The third-order valence-corrected chi connectivity index (χ3v) is 4.51. The van der Waals surface area contributed by atoms with Crippen LogP contribution in [0.2, 0.25) is 0 Å². The van der Waals surface area contributed by atoms with Gasteiger partial charge in [-0.15, -0.1) is 0 Å². The van der Waals surface area contributed by atoms with Gasteiger partial charge in [0.15, 0.2) is 0 Å². The number of pyridine rings is 1. The molecule has 0 aromatic carbocycles. The number of hydrogen-bond donors (Lipinski definition) is 1. The van der Waals surface area contributed by atoms with E-state index >= 15 is 0 Å². The molecular weight excluding hydrogens is 302 g/mol. The van der Waals surface area contributed by atoms with Gasteiger partial charge in [0, 0.05) is 45.0 Å². The Morgan fingerprint density at radius 1 is 1.33 bits per heavy atom. The number of carbonyl (C=O) groups is 2. The van der Waals surface area contributed by atoms with E-state index in [0.29, 0.717) is 6.54 Å². The maximum atomic E-state index is 11.7. The van der Waals surface area contributed by atoms with Crippen LogP contribution < -0.4 is 5.32 Å². The number of rotatable bonds is 7. The summed E-state index contributed by atoms with van der Waals surface area (Å²) in [6, 6.07) is 3.76. The van der Waals surface area contributed by atoms with E-state index in [-0.39, 0.29) is 11.8 Å². The summed E-state index contributed by atoms with van der Waals surface area (Å²) >= 11 is 0. The Morgan fingerprint density at radius 3 is 2.79 bits per heavy atom. The smallest absolute Gasteiger partial charge is 0.243 e. The molecule has 2 rings (SSSR count). The molecule has 0 saturated carbocycles. The van der Waals surface area contributed by atoms with Crippen LogP contribution in [0.5, 0.6) is 0 Å². The lowest BCUT2D eigenvalue weighted by molar-refractivity contribution is -0.130. The first-order chi connectivity index (χ1) is 11.6. The third-order valence-electron chi connectivity index (χ3n) is 4.51. The molecule has 2 amide bonds. The van der Waals surface area contributed by atoms with Gasteiger partial charge in [-0.2, -0.15) is 0 Å². The van der Waals surface area contributed by atoms with E-state index in [2.05, 4.69) is 10.3 Å². The summed E-state index contributed by atoms with van der Waals surface area (Å²) < 4.78 is 0. The molecule has 1 aromatic rings. The van der Waals surface area contributed by atoms with E-state index < -0.39 is 0 Å². The molecule has 1 aliphatic heterocycles. The van der Waals surface area contributed by atoms with Gasteiger partial charge in [0.05, 0.1) is 0 Å². The fraction of sp³-hybridized carbons (Fsp3) is 0.526. The number of piperidine rings is 1. The Bertz CT molecular complexity index is 549. The first kappa shape index (κ1) is 18.2. The molecular formula is C19H27N3O2. The second-order valence-electron chi connectivity index (χ2n) is 6.36. The SMILES string of the molecule is CC(=O)N1CCC(CCCCNC(=O)/C=C/c2cccnc2)CC1. The number of nitrogens with zero attached hydrogens (tertiary/aromatic N) is 2. The van der Waals surface area contributed by atoms with E-state index in [1.165, 1.54) is 6.42 Å². The van der Waals surface area contributed by atoms with Crippen molar-refractivity contribution in [2.45, 2.75) is 39.0 Å². The van der Waals surface area contributed by atoms with Crippen LogP contribution in [-0.2, 0) is 9.59 Å². The third kappa shape index (κ3) is 6.52. The van der Waals surface area contributed by atoms with Crippen LogP contribution in [0.4, 0.5) is 0 Å². The van der Waals surface area contributed by atoms with Crippen LogP contribution >= 0.6 is 0 Å². The van der Waals surface area contributed by atoms with Gasteiger partial charge in [0.25, 0.3) is 0 Å². The predicted octanol–water partition coefficient (Wildman–Crippen LogP) is 2.64. The average Bonchev–Trinajstić information content (AvgIpc) is 2.61. The topological polar surface area (TPSA) is 62.3 Å². The zero-order chi connectivity index (χ0) is 17.2. The van der Waals surface area contributed by atoms with Crippen LogP contribution in [0.25, 0.3) is 6.08 Å². The molecule has 130 valence electrons. The van der Waals surface area contributed by atoms with Crippen molar-refractivity contribution in [3.05, 3.63) is 36.2 Å². The highest BCUT2D eigenvalue weighted by Crippen LogP contribution is 2.22. The summed E-state index contributed by atoms with van der Waals surface area (Å²) in [5.41, 5.74) is 0.921. The van der Waals surface area contributed by atoms with Crippen LogP contribution in [-0.4, -0.2) is 41.3 Å². The number of amides is 2. The minimum Gasteiger partial charge on any atom is -0.353 e. The zero-order valence-corrected chi connectivity index (χ0v) is 14.4. The lowest BCUT2D eigenvalue weighted by Gasteiger charge is -2.31. The largest absolute Gasteiger partial charge is 0.353 e. The minimum atomic E-state index is -0.0615. The molecule has 1 fully saturated rings. The highest BCUT2D eigenvalue weighted by Gasteiger charge is 2.19. The highest BCUT2D eigenvalue weighted by atomic mass is 16.2. The molecule has 0 aliphatic carbocycles. The summed E-state index contributed by atoms with van der Waals surface area (Å²) in [7, 11) is 0. The Balaban J connectivity index is 1.53. The number of likely N-dealkylation sites (tertiary alicyclic amines) is 1. The molecule has 0 bridgehead atoms. The molecule has 1 saturated heterocycles. The summed E-state index contributed by atoms with van der Waals surface area (Å²) in [6.07, 6.45) is 12.3. The van der Waals surface area contributed by atoms with E-state index in [4.69, 9.17) is 0 Å². The molecule has 0 unspecified atom stereocenters. The Labute approximate surface area is 144 Å². The molecule has 0 radical (unpaired) electrons. The van der Waals surface area contributed by atoms with Crippen molar-refractivity contribution in [1.82, 2.24) is 15.2 Å². The number of nitrogens with one attached hydrogen (secondary N) is 1. The second kappa shape index (κ2) is 9.85. The van der Waals surface area contributed by atoms with E-state index in [9.17, 15) is 9.59 Å². The molecule has 1 N–H and O–H groups in total. The molecule has 5 nitrogen and oxygen atoms in total. The van der Waals surface area contributed by atoms with Gasteiger partial charge in [-0.3, -0.25) is 14.6 Å². The fourth-order valence-electron chi connectivity index (χ4n) is 3.01. The summed E-state index contributed by atoms with van der Waals surface area (Å²) in [5.74, 6) is 0.853. The Hall–Kier alpha value is -2.17. The van der Waals surface area contributed by atoms with Crippen LogP contribution in [0.3, 0.4) is 0 Å². The predicted molar refractivity (Wildman–Crippen MR) is 95.1 cm³/mol. The fourth-order valence-corrected chi connectivity index (χ4v) is 3.01. The molecule has 1 aromatic heterocycles. The van der Waals surface area contributed by atoms with Crippen molar-refractivity contribution >= 4 is 17.9 Å². The molecule has 0 atom stereocenters. The molecule has 0 spiro atoms. The molecule has 24 heavy (non-hydrogen) atoms. The Kier molecular flexibility index (Phi) is 7.46. The summed E-state index contributed by atoms with van der Waals surface area (Å²) in [4.78, 5) is 29.0. The lowest BCUT2D eigenvalue weighted by atomic mass is 9.91. The van der Waals surface area contributed by atoms with Gasteiger partial charge in [0.2, 0.25) is 11.8 Å². The van der Waals surface area contributed by atoms with Crippen molar-refractivity contribution < 1.29 is 9.59 Å². The maximum absolute atomic E-state index is 11.7. The van der Waals surface area contributed by atoms with Gasteiger partial charge in [-0.25, -0.2) is 0 Å². The maximum Gasteiger partial charge on any atom is 0.243 e. The quantitative estimate of drug-likeness (QED) is 0.618. The van der Waals surface area contributed by atoms with Crippen molar-refractivity contribution in [3.8, 4) is 0 Å². The van der Waals surface area contributed by atoms with E-state index in [1.54, 1.807) is 31.5 Å². The van der Waals surface area contributed by atoms with Gasteiger partial charge < -0.3 is 10.2 Å². The van der Waals surface area contributed by atoms with Crippen LogP contribution in [0, 0.1) is 5.92 Å². The van der Waals surface area contributed by atoms with Crippen molar-refractivity contribution in [2.75, 3.05) is 19.6 Å². The normalized spacial score (nSPS) is 15.6. The van der Waals surface area contributed by atoms with Crippen LogP contribution in [0.15, 0.2) is 30.6 Å². The summed E-state index contributed by atoms with van der Waals surface area (Å²) in [6.45, 7) is 4.15. The average molecular weight is 329 g/mol. The van der Waals surface area contributed by atoms with Gasteiger partial charge in [0.1, 0.15) is 0 Å². The molecule has 1 aliphatic rings. The van der Waals surface area contributed by atoms with Gasteiger partial charge >= 0.3 is 0 Å². The first-order valence-electron chi connectivity index (χ1n) is 8.76. The van der Waals surface area contributed by atoms with Gasteiger partial charge in [-0.1, -0.05) is 18.9 Å². The monoisotopic (exact) mass is 329 g/mol. The molecule has 5 heteroatoms. The Morgan fingerprint density at radius 2 is 2.12 bits per heavy atom. The number of unbranched alkanes of at least 4 members (excludes halogenated alkanes) is 1. The first-order valence-corrected chi connectivity index (χ1v) is 8.76. The highest BCUT2D eigenvalue weighted by molar-refractivity contribution is 5.91. The number of aromatic nitrogens is 1. The van der Waals surface area contributed by atoms with E-state index in [0.717, 1.165) is 50.3 Å². The minimum absolute atomic E-state index is 0.0615. The lowest BCUT2D eigenvalue weighted by Crippen LogP contribution is -2.36.